The quantitative estimate of drug-likeness (QED) is 0.0939. The molecule has 0 amide bonds. The van der Waals surface area contributed by atoms with Gasteiger partial charge in [-0.25, -0.2) is 0 Å². The Balaban J connectivity index is -0.000000202. The summed E-state index contributed by atoms with van der Waals surface area (Å²) in [6.07, 6.45) is 11.4. The van der Waals surface area contributed by atoms with Gasteiger partial charge in [0.2, 0.25) is 0 Å². The fraction of sp³-hybridized carbons (Fsp3) is 0.940. The molecule has 0 saturated carbocycles. The number of carbonyl (C=O) groups excluding carboxylic acids is 3. The van der Waals surface area contributed by atoms with Gasteiger partial charge in [-0.2, -0.15) is 0 Å². The summed E-state index contributed by atoms with van der Waals surface area (Å²) in [7, 11) is 0. The highest BCUT2D eigenvalue weighted by Crippen LogP contribution is 2.26. The maximum Gasteiger partial charge on any atom is 0.323 e. The van der Waals surface area contributed by atoms with Crippen LogP contribution in [0.5, 0.6) is 0 Å². The molecule has 7 nitrogen and oxygen atoms in total. The number of rotatable bonds is 16. The predicted octanol–water partition coefficient (Wildman–Crippen LogP) is 14.7. The summed E-state index contributed by atoms with van der Waals surface area (Å²) in [5, 5.41) is 0. The maximum atomic E-state index is 11.4. The van der Waals surface area contributed by atoms with Crippen LogP contribution in [0.25, 0.3) is 0 Å². The minimum Gasteiger partial charge on any atom is -0.465 e. The Morgan fingerprint density at radius 1 is 0.474 bits per heavy atom. The van der Waals surface area contributed by atoms with E-state index >= 15 is 0 Å². The Hall–Kier alpha value is -1.63. The van der Waals surface area contributed by atoms with Gasteiger partial charge in [-0.05, 0) is 83.9 Å². The van der Waals surface area contributed by atoms with E-state index in [9.17, 15) is 14.4 Å². The van der Waals surface area contributed by atoms with Crippen LogP contribution in [-0.2, 0) is 28.6 Å². The van der Waals surface area contributed by atoms with Gasteiger partial charge in [0, 0.05) is 0 Å². The Kier molecular flexibility index (Phi) is 37.5. The standard InChI is InChI=1S/C12H25NO2.2C11H22O2.2C8H18/c1-9(2)10(13)11(14)15-8-6-7-12(3,4)5;1-9(2)10(12)13-8-6-7-11(3,4)5;1-6-7-8-13-10(12)9(2)11(3,4)5;1-7(2)6-8(3,4)5;1-5-6-7-8(2,3)4/h9-10H,6-8,13H2,1-5H3;2*9H,6-8H2,1-5H3;7H,6H2,1-5H3;5-7H2,1-4H3. The highest BCUT2D eigenvalue weighted by atomic mass is 16.5. The predicted molar refractivity (Wildman–Crippen MR) is 249 cm³/mol. The van der Waals surface area contributed by atoms with E-state index in [0.29, 0.717) is 41.5 Å². The van der Waals surface area contributed by atoms with E-state index in [2.05, 4.69) is 132 Å². The van der Waals surface area contributed by atoms with Gasteiger partial charge in [-0.15, -0.1) is 0 Å². The molecule has 0 radical (unpaired) electrons. The molecule has 0 aromatic heterocycles. The summed E-state index contributed by atoms with van der Waals surface area (Å²) in [5.74, 6) is 0.517. The second kappa shape index (κ2) is 33.1. The molecule has 0 rings (SSSR count). The summed E-state index contributed by atoms with van der Waals surface area (Å²) in [6.45, 7) is 52.9. The van der Waals surface area contributed by atoms with E-state index in [1.165, 1.54) is 25.7 Å². The van der Waals surface area contributed by atoms with Crippen molar-refractivity contribution in [2.45, 2.75) is 236 Å². The SMILES string of the molecule is CC(C)C(=O)OCCCC(C)(C)C.CC(C)C(N)C(=O)OCCCC(C)(C)C.CC(C)CC(C)(C)C.CCCCC(C)(C)C.CCCCOC(=O)C(C)C(C)(C)C. The molecule has 57 heavy (non-hydrogen) atoms. The molecular weight excluding hydrogens is 711 g/mol. The summed E-state index contributed by atoms with van der Waals surface area (Å²) in [5.41, 5.74) is 7.37. The van der Waals surface area contributed by atoms with Crippen LogP contribution >= 0.6 is 0 Å². The van der Waals surface area contributed by atoms with Gasteiger partial charge in [-0.3, -0.25) is 14.4 Å². The molecule has 7 heteroatoms. The highest BCUT2D eigenvalue weighted by molar-refractivity contribution is 5.75. The molecular formula is C50H105NO6. The number of ether oxygens (including phenoxy) is 3. The van der Waals surface area contributed by atoms with E-state index < -0.39 is 6.04 Å². The lowest BCUT2D eigenvalue weighted by Crippen LogP contribution is -2.37. The van der Waals surface area contributed by atoms with Gasteiger partial charge in [0.25, 0.3) is 0 Å². The first-order chi connectivity index (χ1) is 25.4. The third kappa shape index (κ3) is 56.5. The van der Waals surface area contributed by atoms with Gasteiger partial charge in [0.1, 0.15) is 6.04 Å². The van der Waals surface area contributed by atoms with E-state index in [1.807, 2.05) is 34.6 Å². The molecule has 0 heterocycles. The molecule has 0 fully saturated rings. The zero-order valence-corrected chi connectivity index (χ0v) is 43.1. The van der Waals surface area contributed by atoms with Gasteiger partial charge >= 0.3 is 17.9 Å². The van der Waals surface area contributed by atoms with Crippen LogP contribution in [0.3, 0.4) is 0 Å². The zero-order chi connectivity index (χ0) is 46.4. The van der Waals surface area contributed by atoms with Crippen LogP contribution in [0, 0.1) is 50.7 Å². The Bertz CT molecular complexity index is 965. The van der Waals surface area contributed by atoms with Gasteiger partial charge in [-0.1, -0.05) is 185 Å². The van der Waals surface area contributed by atoms with Gasteiger partial charge in [0.05, 0.1) is 31.7 Å². The van der Waals surface area contributed by atoms with Crippen LogP contribution in [-0.4, -0.2) is 43.8 Å². The van der Waals surface area contributed by atoms with Gasteiger partial charge < -0.3 is 19.9 Å². The van der Waals surface area contributed by atoms with E-state index in [0.717, 1.165) is 44.4 Å². The average molecular weight is 816 g/mol. The van der Waals surface area contributed by atoms with Crippen molar-refractivity contribution in [2.75, 3.05) is 19.8 Å². The number of nitrogens with two attached hydrogens (primary N) is 1. The average Bonchev–Trinajstić information content (AvgIpc) is 3.01. The summed E-state index contributed by atoms with van der Waals surface area (Å²) >= 11 is 0. The van der Waals surface area contributed by atoms with Crippen LogP contribution in [0.2, 0.25) is 0 Å². The third-order valence-corrected chi connectivity index (χ3v) is 8.79. The van der Waals surface area contributed by atoms with Crippen LogP contribution < -0.4 is 5.73 Å². The Morgan fingerprint density at radius 2 is 0.807 bits per heavy atom. The second-order valence-corrected chi connectivity index (χ2v) is 23.0. The summed E-state index contributed by atoms with van der Waals surface area (Å²) in [6, 6.07) is -0.486. The van der Waals surface area contributed by atoms with Crippen molar-refractivity contribution < 1.29 is 28.6 Å². The molecule has 0 aliphatic heterocycles. The first-order valence-electron chi connectivity index (χ1n) is 22.7. The lowest BCUT2D eigenvalue weighted by Gasteiger charge is -2.25. The number of hydrogen-bond donors (Lipinski definition) is 1. The first kappa shape index (κ1) is 64.5. The van der Waals surface area contributed by atoms with Crippen molar-refractivity contribution in [2.24, 2.45) is 56.5 Å². The molecule has 0 bridgehead atoms. The molecule has 346 valence electrons. The van der Waals surface area contributed by atoms with Gasteiger partial charge in [0.15, 0.2) is 0 Å². The first-order valence-corrected chi connectivity index (χ1v) is 22.7. The molecule has 0 aliphatic carbocycles. The number of esters is 3. The lowest BCUT2D eigenvalue weighted by molar-refractivity contribution is -0.151. The smallest absolute Gasteiger partial charge is 0.323 e. The van der Waals surface area contributed by atoms with Crippen molar-refractivity contribution in [3.8, 4) is 0 Å². The number of hydrogen-bond acceptors (Lipinski definition) is 7. The molecule has 2 unspecified atom stereocenters. The van der Waals surface area contributed by atoms with Crippen molar-refractivity contribution in [1.82, 2.24) is 0 Å². The molecule has 0 aromatic carbocycles. The topological polar surface area (TPSA) is 105 Å². The van der Waals surface area contributed by atoms with E-state index in [1.54, 1.807) is 0 Å². The Morgan fingerprint density at radius 3 is 1.05 bits per heavy atom. The number of carbonyl (C=O) groups is 3. The molecule has 2 N–H and O–H groups in total. The van der Waals surface area contributed by atoms with Crippen molar-refractivity contribution in [3.63, 3.8) is 0 Å². The summed E-state index contributed by atoms with van der Waals surface area (Å²) in [4.78, 5) is 33.8. The summed E-state index contributed by atoms with van der Waals surface area (Å²) < 4.78 is 15.3. The maximum absolute atomic E-state index is 11.4. The lowest BCUT2D eigenvalue weighted by atomic mass is 9.82. The van der Waals surface area contributed by atoms with Crippen LogP contribution in [0.4, 0.5) is 0 Å². The fourth-order valence-corrected chi connectivity index (χ4v) is 4.81. The largest absolute Gasteiger partial charge is 0.465 e. The fourth-order valence-electron chi connectivity index (χ4n) is 4.81. The Labute approximate surface area is 358 Å². The molecule has 0 aliphatic rings. The van der Waals surface area contributed by atoms with Crippen molar-refractivity contribution >= 4 is 17.9 Å². The van der Waals surface area contributed by atoms with E-state index in [4.69, 9.17) is 19.9 Å². The number of unbranched alkanes of at least 4 members (excludes halogenated alkanes) is 2. The molecule has 0 aromatic rings. The normalized spacial score (nSPS) is 13.1. The monoisotopic (exact) mass is 816 g/mol. The van der Waals surface area contributed by atoms with Crippen molar-refractivity contribution in [1.29, 1.82) is 0 Å². The minimum absolute atomic E-state index is 0.00327. The highest BCUT2D eigenvalue weighted by Gasteiger charge is 2.27. The zero-order valence-electron chi connectivity index (χ0n) is 43.1. The molecule has 0 spiro atoms. The van der Waals surface area contributed by atoms with Crippen molar-refractivity contribution in [3.05, 3.63) is 0 Å². The molecule has 2 atom stereocenters. The molecule has 0 saturated heterocycles. The van der Waals surface area contributed by atoms with Crippen LogP contribution in [0.1, 0.15) is 230 Å². The minimum atomic E-state index is -0.486. The van der Waals surface area contributed by atoms with Crippen LogP contribution in [0.15, 0.2) is 0 Å². The third-order valence-electron chi connectivity index (χ3n) is 8.79. The van der Waals surface area contributed by atoms with E-state index in [-0.39, 0.29) is 41.1 Å². The second-order valence-electron chi connectivity index (χ2n) is 23.0.